The van der Waals surface area contributed by atoms with Gasteiger partial charge in [-0.05, 0) is 30.5 Å². The number of carbonyl (C=O) groups is 1. The molecule has 1 aliphatic rings. The van der Waals surface area contributed by atoms with Crippen LogP contribution in [0.25, 0.3) is 0 Å². The van der Waals surface area contributed by atoms with Crippen LogP contribution in [-0.4, -0.2) is 33.1 Å². The summed E-state index contributed by atoms with van der Waals surface area (Å²) in [6, 6.07) is 7.38. The van der Waals surface area contributed by atoms with Gasteiger partial charge in [-0.1, -0.05) is 12.1 Å². The van der Waals surface area contributed by atoms with Crippen LogP contribution < -0.4 is 16.4 Å². The molecule has 2 amide bonds. The van der Waals surface area contributed by atoms with Crippen LogP contribution in [0.1, 0.15) is 18.4 Å². The van der Waals surface area contributed by atoms with Gasteiger partial charge in [0.1, 0.15) is 0 Å². The molecule has 1 aliphatic carbocycles. The van der Waals surface area contributed by atoms with Crippen molar-refractivity contribution < 1.29 is 14.3 Å². The quantitative estimate of drug-likeness (QED) is 0.539. The molecule has 20 heavy (non-hydrogen) atoms. The summed E-state index contributed by atoms with van der Waals surface area (Å²) < 4.78 is 10.0. The lowest BCUT2D eigenvalue weighted by Gasteiger charge is -2.20. The van der Waals surface area contributed by atoms with E-state index >= 15 is 0 Å². The first kappa shape index (κ1) is 14.6. The Kier molecular flexibility index (Phi) is 4.46. The molecule has 1 fully saturated rings. The normalized spacial score (nSPS) is 15.9. The minimum absolute atomic E-state index is 0.224. The van der Waals surface area contributed by atoms with Gasteiger partial charge in [-0.15, -0.1) is 0 Å². The lowest BCUT2D eigenvalue weighted by atomic mass is 10.0. The van der Waals surface area contributed by atoms with Gasteiger partial charge in [-0.2, -0.15) is 0 Å². The molecule has 2 rings (SSSR count). The van der Waals surface area contributed by atoms with Crippen LogP contribution in [0.3, 0.4) is 0 Å². The zero-order valence-corrected chi connectivity index (χ0v) is 11.8. The van der Waals surface area contributed by atoms with Crippen molar-refractivity contribution in [2.75, 3.05) is 26.5 Å². The van der Waals surface area contributed by atoms with Crippen LogP contribution in [-0.2, 0) is 15.0 Å². The van der Waals surface area contributed by atoms with E-state index in [4.69, 9.17) is 15.2 Å². The van der Waals surface area contributed by atoms with Gasteiger partial charge in [0, 0.05) is 19.9 Å². The van der Waals surface area contributed by atoms with Gasteiger partial charge in [-0.3, -0.25) is 0 Å². The molecule has 6 heteroatoms. The van der Waals surface area contributed by atoms with Gasteiger partial charge in [0.2, 0.25) is 0 Å². The molecule has 0 unspecified atom stereocenters. The number of benzene rings is 1. The van der Waals surface area contributed by atoms with Crippen molar-refractivity contribution >= 4 is 11.7 Å². The molecule has 4 N–H and O–H groups in total. The average Bonchev–Trinajstić information content (AvgIpc) is 3.21. The lowest BCUT2D eigenvalue weighted by Crippen LogP contribution is -2.45. The fourth-order valence-corrected chi connectivity index (χ4v) is 2.11. The van der Waals surface area contributed by atoms with Crippen molar-refractivity contribution in [3.8, 4) is 0 Å². The van der Waals surface area contributed by atoms with Crippen LogP contribution in [0.4, 0.5) is 10.5 Å². The number of carbonyl (C=O) groups excluding carboxylic acids is 1. The van der Waals surface area contributed by atoms with Crippen molar-refractivity contribution in [1.82, 2.24) is 10.6 Å². The van der Waals surface area contributed by atoms with Crippen molar-refractivity contribution in [3.63, 3.8) is 0 Å². The monoisotopic (exact) mass is 279 g/mol. The zero-order valence-electron chi connectivity index (χ0n) is 11.8. The molecule has 1 aromatic carbocycles. The number of nitrogens with two attached hydrogens (primary N) is 1. The number of hydrogen-bond acceptors (Lipinski definition) is 4. The first-order valence-corrected chi connectivity index (χ1v) is 6.57. The summed E-state index contributed by atoms with van der Waals surface area (Å²) in [6.07, 6.45) is 1.43. The molecule has 0 radical (unpaired) electrons. The first-order valence-electron chi connectivity index (χ1n) is 6.57. The Balaban J connectivity index is 1.89. The van der Waals surface area contributed by atoms with Crippen LogP contribution >= 0.6 is 0 Å². The van der Waals surface area contributed by atoms with Crippen molar-refractivity contribution in [2.24, 2.45) is 0 Å². The summed E-state index contributed by atoms with van der Waals surface area (Å²) in [4.78, 5) is 11.9. The number of urea groups is 1. The van der Waals surface area contributed by atoms with Crippen molar-refractivity contribution in [2.45, 2.75) is 24.7 Å². The molecule has 0 heterocycles. The third-order valence-corrected chi connectivity index (χ3v) is 3.52. The second-order valence-corrected chi connectivity index (χ2v) is 4.94. The average molecular weight is 279 g/mol. The highest BCUT2D eigenvalue weighted by atomic mass is 16.7. The molecule has 0 aromatic heterocycles. The molecule has 0 bridgehead atoms. The van der Waals surface area contributed by atoms with Crippen molar-refractivity contribution in [1.29, 1.82) is 0 Å². The van der Waals surface area contributed by atoms with Gasteiger partial charge >= 0.3 is 6.03 Å². The van der Waals surface area contributed by atoms with Gasteiger partial charge in [0.25, 0.3) is 0 Å². The van der Waals surface area contributed by atoms with E-state index in [0.29, 0.717) is 6.54 Å². The zero-order chi connectivity index (χ0) is 14.6. The van der Waals surface area contributed by atoms with E-state index in [0.717, 1.165) is 24.1 Å². The number of ether oxygens (including phenoxy) is 2. The number of anilines is 1. The molecule has 1 aromatic rings. The Morgan fingerprint density at radius 3 is 2.40 bits per heavy atom. The molecule has 110 valence electrons. The fraction of sp³-hybridized carbons (Fsp3) is 0.500. The molecule has 0 saturated heterocycles. The highest BCUT2D eigenvalue weighted by Crippen LogP contribution is 2.45. The summed E-state index contributed by atoms with van der Waals surface area (Å²) in [6.45, 7) is 0.302. The molecular formula is C14H21N3O3. The maximum Gasteiger partial charge on any atom is 0.315 e. The Bertz CT molecular complexity index is 453. The number of methoxy groups -OCH3 is 2. The predicted molar refractivity (Wildman–Crippen MR) is 76.1 cm³/mol. The second-order valence-electron chi connectivity index (χ2n) is 4.94. The summed E-state index contributed by atoms with van der Waals surface area (Å²) >= 11 is 0. The molecule has 0 atom stereocenters. The topological polar surface area (TPSA) is 85.6 Å². The third kappa shape index (κ3) is 3.40. The van der Waals surface area contributed by atoms with Crippen LogP contribution in [0, 0.1) is 0 Å². The smallest absolute Gasteiger partial charge is 0.315 e. The standard InChI is InChI=1S/C14H21N3O3/c1-19-12(20-2)9-16-13(18)17-14(7-8-14)10-3-5-11(15)6-4-10/h3-6,12H,7-9,15H2,1-2H3,(H2,16,17,18). The maximum absolute atomic E-state index is 11.9. The fourth-order valence-electron chi connectivity index (χ4n) is 2.11. The molecule has 0 aliphatic heterocycles. The van der Waals surface area contributed by atoms with Gasteiger partial charge in [0.05, 0.1) is 12.1 Å². The van der Waals surface area contributed by atoms with Crippen molar-refractivity contribution in [3.05, 3.63) is 29.8 Å². The SMILES string of the molecule is COC(CNC(=O)NC1(c2ccc(N)cc2)CC1)OC. The Morgan fingerprint density at radius 1 is 1.30 bits per heavy atom. The van der Waals surface area contributed by atoms with E-state index in [9.17, 15) is 4.79 Å². The molecule has 1 saturated carbocycles. The number of rotatable bonds is 6. The number of nitrogens with one attached hydrogen (secondary N) is 2. The Hall–Kier alpha value is -1.79. The molecule has 0 spiro atoms. The summed E-state index contributed by atoms with van der Waals surface area (Å²) in [7, 11) is 3.06. The minimum atomic E-state index is -0.438. The van der Waals surface area contributed by atoms with Gasteiger partial charge < -0.3 is 25.8 Å². The van der Waals surface area contributed by atoms with Gasteiger partial charge in [0.15, 0.2) is 6.29 Å². The highest BCUT2D eigenvalue weighted by Gasteiger charge is 2.45. The van der Waals surface area contributed by atoms with E-state index in [1.807, 2.05) is 24.3 Å². The predicted octanol–water partition coefficient (Wildman–Crippen LogP) is 1.18. The minimum Gasteiger partial charge on any atom is -0.399 e. The van der Waals surface area contributed by atoms with Crippen LogP contribution in [0.15, 0.2) is 24.3 Å². The first-order chi connectivity index (χ1) is 9.59. The number of amides is 2. The summed E-state index contributed by atoms with van der Waals surface area (Å²) in [5, 5.41) is 5.74. The molecular weight excluding hydrogens is 258 g/mol. The van der Waals surface area contributed by atoms with E-state index in [-0.39, 0.29) is 11.6 Å². The van der Waals surface area contributed by atoms with Gasteiger partial charge in [-0.25, -0.2) is 4.79 Å². The van der Waals surface area contributed by atoms with Crippen LogP contribution in [0.2, 0.25) is 0 Å². The Labute approximate surface area is 118 Å². The second kappa shape index (κ2) is 6.11. The third-order valence-electron chi connectivity index (χ3n) is 3.52. The van der Waals surface area contributed by atoms with E-state index in [1.54, 1.807) is 0 Å². The van der Waals surface area contributed by atoms with Crippen LogP contribution in [0.5, 0.6) is 0 Å². The number of nitrogen functional groups attached to an aromatic ring is 1. The van der Waals surface area contributed by atoms with E-state index in [1.165, 1.54) is 14.2 Å². The summed E-state index contributed by atoms with van der Waals surface area (Å²) in [5.41, 5.74) is 7.22. The van der Waals surface area contributed by atoms with E-state index < -0.39 is 6.29 Å². The number of hydrogen-bond donors (Lipinski definition) is 3. The highest BCUT2D eigenvalue weighted by molar-refractivity contribution is 5.75. The summed E-state index contributed by atoms with van der Waals surface area (Å²) in [5.74, 6) is 0. The Morgan fingerprint density at radius 2 is 1.90 bits per heavy atom. The lowest BCUT2D eigenvalue weighted by molar-refractivity contribution is -0.0972. The maximum atomic E-state index is 11.9. The van der Waals surface area contributed by atoms with E-state index in [2.05, 4.69) is 10.6 Å². The molecule has 6 nitrogen and oxygen atoms in total. The largest absolute Gasteiger partial charge is 0.399 e.